The van der Waals surface area contributed by atoms with E-state index in [9.17, 15) is 4.79 Å². The van der Waals surface area contributed by atoms with Crippen LogP contribution in [-0.4, -0.2) is 37.2 Å². The molecule has 2 aromatic rings. The van der Waals surface area contributed by atoms with Crippen molar-refractivity contribution in [3.05, 3.63) is 18.2 Å². The maximum absolute atomic E-state index is 10.4. The lowest BCUT2D eigenvalue weighted by molar-refractivity contribution is -0.137. The number of carbonyl (C=O) groups is 1. The standard InChI is InChI=1S/C12H17N5O2/c1-9-15-16-12-11(14-7-8-17(9)12)13-6-4-2-3-5-10(18)19/h7-8H,2-6H2,1H3,(H,13,14)(H,18,19). The van der Waals surface area contributed by atoms with Gasteiger partial charge in [-0.05, 0) is 19.8 Å². The predicted octanol–water partition coefficient (Wildman–Crippen LogP) is 1.49. The monoisotopic (exact) mass is 263 g/mol. The second-order valence-corrected chi connectivity index (χ2v) is 4.35. The molecular formula is C12H17N5O2. The highest BCUT2D eigenvalue weighted by molar-refractivity contribution is 5.66. The summed E-state index contributed by atoms with van der Waals surface area (Å²) in [6.07, 6.45) is 6.26. The summed E-state index contributed by atoms with van der Waals surface area (Å²) in [4.78, 5) is 14.6. The average Bonchev–Trinajstić information content (AvgIpc) is 2.76. The van der Waals surface area contributed by atoms with Crippen molar-refractivity contribution in [1.29, 1.82) is 0 Å². The van der Waals surface area contributed by atoms with E-state index in [2.05, 4.69) is 20.5 Å². The van der Waals surface area contributed by atoms with Gasteiger partial charge in [0.05, 0.1) is 0 Å². The molecule has 0 radical (unpaired) electrons. The van der Waals surface area contributed by atoms with Gasteiger partial charge in [0.1, 0.15) is 5.82 Å². The van der Waals surface area contributed by atoms with Crippen molar-refractivity contribution in [2.75, 3.05) is 11.9 Å². The molecule has 102 valence electrons. The molecule has 7 heteroatoms. The first kappa shape index (κ1) is 13.3. The molecule has 0 spiro atoms. The number of aromatic nitrogens is 4. The van der Waals surface area contributed by atoms with Gasteiger partial charge >= 0.3 is 5.97 Å². The number of aliphatic carboxylic acids is 1. The third-order valence-corrected chi connectivity index (χ3v) is 2.86. The van der Waals surface area contributed by atoms with Crippen molar-refractivity contribution in [1.82, 2.24) is 19.6 Å². The molecule has 19 heavy (non-hydrogen) atoms. The van der Waals surface area contributed by atoms with E-state index in [0.717, 1.165) is 25.2 Å². The first-order valence-corrected chi connectivity index (χ1v) is 6.30. The van der Waals surface area contributed by atoms with Crippen LogP contribution in [0.3, 0.4) is 0 Å². The van der Waals surface area contributed by atoms with E-state index >= 15 is 0 Å². The summed E-state index contributed by atoms with van der Waals surface area (Å²) in [7, 11) is 0. The summed E-state index contributed by atoms with van der Waals surface area (Å²) < 4.78 is 1.87. The highest BCUT2D eigenvalue weighted by Gasteiger charge is 2.06. The lowest BCUT2D eigenvalue weighted by Gasteiger charge is -2.05. The molecule has 0 saturated carbocycles. The molecule has 0 amide bonds. The van der Waals surface area contributed by atoms with Gasteiger partial charge in [-0.25, -0.2) is 4.98 Å². The summed E-state index contributed by atoms with van der Waals surface area (Å²) in [5.74, 6) is 0.793. The van der Waals surface area contributed by atoms with Gasteiger partial charge in [-0.3, -0.25) is 9.20 Å². The molecule has 0 atom stereocenters. The van der Waals surface area contributed by atoms with Crippen molar-refractivity contribution in [2.45, 2.75) is 32.6 Å². The molecule has 0 unspecified atom stereocenters. The summed E-state index contributed by atoms with van der Waals surface area (Å²) in [6.45, 7) is 2.63. The van der Waals surface area contributed by atoms with Crippen LogP contribution in [0.15, 0.2) is 12.4 Å². The molecule has 2 heterocycles. The van der Waals surface area contributed by atoms with Crippen molar-refractivity contribution in [3.63, 3.8) is 0 Å². The van der Waals surface area contributed by atoms with E-state index in [0.29, 0.717) is 17.9 Å². The predicted molar refractivity (Wildman–Crippen MR) is 70.1 cm³/mol. The Labute approximate surface area is 110 Å². The Bertz CT molecular complexity index is 566. The number of nitrogens with zero attached hydrogens (tertiary/aromatic N) is 4. The lowest BCUT2D eigenvalue weighted by Crippen LogP contribution is -2.06. The molecule has 0 aromatic carbocycles. The highest BCUT2D eigenvalue weighted by atomic mass is 16.4. The quantitative estimate of drug-likeness (QED) is 0.735. The number of unbranched alkanes of at least 4 members (excludes halogenated alkanes) is 2. The van der Waals surface area contributed by atoms with E-state index in [4.69, 9.17) is 5.11 Å². The Morgan fingerprint density at radius 3 is 3.00 bits per heavy atom. The molecule has 2 aromatic heterocycles. The van der Waals surface area contributed by atoms with Crippen molar-refractivity contribution < 1.29 is 9.90 Å². The van der Waals surface area contributed by atoms with Gasteiger partial charge in [-0.1, -0.05) is 6.42 Å². The van der Waals surface area contributed by atoms with Crippen LogP contribution in [0.25, 0.3) is 5.65 Å². The van der Waals surface area contributed by atoms with Crippen molar-refractivity contribution in [3.8, 4) is 0 Å². The van der Waals surface area contributed by atoms with Gasteiger partial charge in [0.15, 0.2) is 5.82 Å². The molecule has 0 aliphatic heterocycles. The molecule has 0 aliphatic rings. The number of carboxylic acids is 1. The Balaban J connectivity index is 1.83. The number of nitrogens with one attached hydrogen (secondary N) is 1. The Hall–Kier alpha value is -2.18. The van der Waals surface area contributed by atoms with Crippen LogP contribution in [0.2, 0.25) is 0 Å². The van der Waals surface area contributed by atoms with E-state index < -0.39 is 5.97 Å². The van der Waals surface area contributed by atoms with Crippen LogP contribution in [0, 0.1) is 6.92 Å². The maximum atomic E-state index is 10.4. The second-order valence-electron chi connectivity index (χ2n) is 4.35. The summed E-state index contributed by atoms with van der Waals surface area (Å²) in [5, 5.41) is 19.8. The molecule has 2 N–H and O–H groups in total. The fraction of sp³-hybridized carbons (Fsp3) is 0.500. The van der Waals surface area contributed by atoms with E-state index in [1.807, 2.05) is 17.5 Å². The van der Waals surface area contributed by atoms with Gasteiger partial charge in [0.2, 0.25) is 5.65 Å². The van der Waals surface area contributed by atoms with Gasteiger partial charge in [0.25, 0.3) is 0 Å². The average molecular weight is 263 g/mol. The smallest absolute Gasteiger partial charge is 0.303 e. The highest BCUT2D eigenvalue weighted by Crippen LogP contribution is 2.12. The minimum Gasteiger partial charge on any atom is -0.481 e. The van der Waals surface area contributed by atoms with Crippen LogP contribution in [0.4, 0.5) is 5.82 Å². The Morgan fingerprint density at radius 2 is 2.21 bits per heavy atom. The zero-order valence-corrected chi connectivity index (χ0v) is 10.8. The Morgan fingerprint density at radius 1 is 1.37 bits per heavy atom. The largest absolute Gasteiger partial charge is 0.481 e. The van der Waals surface area contributed by atoms with Crippen LogP contribution in [0.5, 0.6) is 0 Å². The zero-order chi connectivity index (χ0) is 13.7. The topological polar surface area (TPSA) is 92.4 Å². The van der Waals surface area contributed by atoms with Gasteiger partial charge in [-0.2, -0.15) is 0 Å². The maximum Gasteiger partial charge on any atom is 0.303 e. The molecule has 2 rings (SSSR count). The van der Waals surface area contributed by atoms with Crippen LogP contribution >= 0.6 is 0 Å². The fourth-order valence-electron chi connectivity index (χ4n) is 1.85. The van der Waals surface area contributed by atoms with Crippen molar-refractivity contribution in [2.24, 2.45) is 0 Å². The number of hydrogen-bond acceptors (Lipinski definition) is 5. The number of hydrogen-bond donors (Lipinski definition) is 2. The number of carboxylic acid groups (broad SMARTS) is 1. The summed E-state index contributed by atoms with van der Waals surface area (Å²) in [6, 6.07) is 0. The molecular weight excluding hydrogens is 246 g/mol. The summed E-state index contributed by atoms with van der Waals surface area (Å²) in [5.41, 5.74) is 0.713. The van der Waals surface area contributed by atoms with Gasteiger partial charge in [0, 0.05) is 25.4 Å². The number of rotatable bonds is 7. The molecule has 0 fully saturated rings. The lowest BCUT2D eigenvalue weighted by atomic mass is 10.2. The fourth-order valence-corrected chi connectivity index (χ4v) is 1.85. The van der Waals surface area contributed by atoms with Gasteiger partial charge in [-0.15, -0.1) is 10.2 Å². The van der Waals surface area contributed by atoms with E-state index in [-0.39, 0.29) is 6.42 Å². The minimum absolute atomic E-state index is 0.233. The SMILES string of the molecule is Cc1nnc2c(NCCCCCC(=O)O)nccn12. The number of aryl methyl sites for hydroxylation is 1. The molecule has 7 nitrogen and oxygen atoms in total. The second kappa shape index (κ2) is 6.12. The summed E-state index contributed by atoms with van der Waals surface area (Å²) >= 11 is 0. The van der Waals surface area contributed by atoms with Crippen LogP contribution in [0.1, 0.15) is 31.5 Å². The third-order valence-electron chi connectivity index (χ3n) is 2.86. The Kier molecular flexibility index (Phi) is 4.27. The molecule has 0 saturated heterocycles. The molecule has 0 bridgehead atoms. The first-order valence-electron chi connectivity index (χ1n) is 6.30. The van der Waals surface area contributed by atoms with E-state index in [1.54, 1.807) is 6.20 Å². The number of anilines is 1. The molecule has 0 aliphatic carbocycles. The third kappa shape index (κ3) is 3.40. The number of fused-ring (bicyclic) bond motifs is 1. The van der Waals surface area contributed by atoms with E-state index in [1.165, 1.54) is 0 Å². The van der Waals surface area contributed by atoms with Crippen molar-refractivity contribution >= 4 is 17.4 Å². The normalized spacial score (nSPS) is 10.8. The minimum atomic E-state index is -0.738. The van der Waals surface area contributed by atoms with Crippen LogP contribution in [-0.2, 0) is 4.79 Å². The van der Waals surface area contributed by atoms with Crippen LogP contribution < -0.4 is 5.32 Å². The first-order chi connectivity index (χ1) is 9.18. The van der Waals surface area contributed by atoms with Gasteiger partial charge < -0.3 is 10.4 Å². The zero-order valence-electron chi connectivity index (χ0n) is 10.8.